The standard InChI is InChI=1S/C49H63F2N9O12S/c1-24(2)49(50,51)32-10-8-29(9-11-32)46-57-26(4)42(45(54)59-46)38(64)17-31(21-56-73(55,69)70)48(68)60(6)43-30-16-36(44(66)41(18-30)72-23-34(63)20-53)35-14-28(7-12-40(35)71-22-33(62)19-52)15-37(27(5)61)58-47(67)25(3)13-39(43)65/h7-12,14,16,18,24-25,31,33-34,37,43,56,62-63,66H,13,15,17,19-23,52-53H2,1-6H3,(H,58,67)(H2,54,57,59)(H2,55,69,70)/t25-,31+,33-,34-,37+,43+/m1/s1. The number of carbonyl (C=O) groups is 5. The van der Waals surface area contributed by atoms with E-state index >= 15 is 0 Å². The number of hydrogen-bond donors (Lipinski definition) is 9. The molecule has 3 aromatic carbocycles. The van der Waals surface area contributed by atoms with E-state index in [0.717, 1.165) is 4.90 Å². The normalized spacial score (nSPS) is 17.8. The van der Waals surface area contributed by atoms with Crippen molar-refractivity contribution in [3.05, 3.63) is 82.5 Å². The van der Waals surface area contributed by atoms with Gasteiger partial charge in [-0.15, -0.1) is 0 Å². The Labute approximate surface area is 421 Å². The van der Waals surface area contributed by atoms with Crippen molar-refractivity contribution in [1.82, 2.24) is 24.9 Å². The van der Waals surface area contributed by atoms with Crippen LogP contribution in [-0.2, 0) is 41.7 Å². The first-order valence-corrected chi connectivity index (χ1v) is 24.8. The topological polar surface area (TPSA) is 356 Å². The summed E-state index contributed by atoms with van der Waals surface area (Å²) in [4.78, 5) is 80.4. The minimum absolute atomic E-state index is 0.00556. The fraction of sp³-hybridized carbons (Fsp3) is 0.449. The molecule has 1 aliphatic rings. The number of fused-ring (bicyclic) bond motifs is 5. The van der Waals surface area contributed by atoms with E-state index in [1.165, 1.54) is 84.1 Å². The number of carbonyl (C=O) groups excluding carboxylic acids is 5. The summed E-state index contributed by atoms with van der Waals surface area (Å²) < 4.78 is 68.0. The highest BCUT2D eigenvalue weighted by molar-refractivity contribution is 7.87. The lowest BCUT2D eigenvalue weighted by Gasteiger charge is -2.32. The Morgan fingerprint density at radius 1 is 0.945 bits per heavy atom. The first-order valence-electron chi connectivity index (χ1n) is 23.2. The van der Waals surface area contributed by atoms with Gasteiger partial charge in [-0.3, -0.25) is 24.0 Å². The summed E-state index contributed by atoms with van der Waals surface area (Å²) in [5, 5.41) is 40.7. The first-order chi connectivity index (χ1) is 34.2. The number of aliphatic hydroxyl groups is 2. The summed E-state index contributed by atoms with van der Waals surface area (Å²) in [6.45, 7) is 4.88. The Morgan fingerprint density at radius 2 is 1.56 bits per heavy atom. The molecular formula is C49H63F2N9O12S. The number of aliphatic hydroxyl groups excluding tert-OH is 2. The number of benzene rings is 3. The SMILES string of the molecule is CC(=O)[C@@H]1Cc2ccc(OC[C@H](O)CN)c(c2)-c2cc(cc(OC[C@H](O)CN)c2O)[C@H](N(C)C(=O)[C@H](CNS(N)(=O)=O)CC(=O)c2c(C)nc(-c3ccc(C(F)(F)C(C)C)cc3)nc2N)C(=O)C[C@@H](C)C(=O)N1. The van der Waals surface area contributed by atoms with Crippen molar-refractivity contribution in [2.45, 2.75) is 84.1 Å². The summed E-state index contributed by atoms with van der Waals surface area (Å²) in [6.07, 6.45) is -3.75. The number of phenolic OH excluding ortho intramolecular Hbond substituents is 1. The summed E-state index contributed by atoms with van der Waals surface area (Å²) in [6, 6.07) is 9.59. The number of amides is 2. The van der Waals surface area contributed by atoms with E-state index in [1.54, 1.807) is 12.1 Å². The molecule has 2 heterocycles. The maximum atomic E-state index is 15.0. The Bertz CT molecular complexity index is 2800. The molecule has 0 unspecified atom stereocenters. The molecule has 6 atom stereocenters. The van der Waals surface area contributed by atoms with Crippen LogP contribution >= 0.6 is 0 Å². The monoisotopic (exact) mass is 1040 g/mol. The fourth-order valence-corrected chi connectivity index (χ4v) is 8.51. The van der Waals surface area contributed by atoms with Gasteiger partial charge in [-0.1, -0.05) is 51.1 Å². The lowest BCUT2D eigenvalue weighted by molar-refractivity contribution is -0.142. The summed E-state index contributed by atoms with van der Waals surface area (Å²) in [7, 11) is -3.34. The van der Waals surface area contributed by atoms with E-state index in [1.807, 2.05) is 4.72 Å². The number of phenols is 1. The maximum Gasteiger partial charge on any atom is 0.275 e. The third-order valence-corrected chi connectivity index (χ3v) is 12.9. The number of nitrogens with zero attached hydrogens (tertiary/aromatic N) is 3. The number of nitrogens with two attached hydrogens (primary N) is 4. The first kappa shape index (κ1) is 57.4. The molecule has 0 spiro atoms. The lowest BCUT2D eigenvalue weighted by atomic mass is 9.88. The third-order valence-electron chi connectivity index (χ3n) is 12.4. The van der Waals surface area contributed by atoms with Crippen LogP contribution in [0.15, 0.2) is 54.6 Å². The van der Waals surface area contributed by atoms with Crippen molar-refractivity contribution in [3.63, 3.8) is 0 Å². The molecule has 0 aliphatic carbocycles. The molecular weight excluding hydrogens is 977 g/mol. The number of halogens is 2. The Hall–Kier alpha value is -6.54. The van der Waals surface area contributed by atoms with E-state index in [9.17, 15) is 56.5 Å². The van der Waals surface area contributed by atoms with Crippen LogP contribution in [0.2, 0.25) is 0 Å². The molecule has 396 valence electrons. The number of hydrogen-bond acceptors (Lipinski definition) is 17. The highest BCUT2D eigenvalue weighted by atomic mass is 32.2. The van der Waals surface area contributed by atoms with Crippen molar-refractivity contribution in [3.8, 4) is 39.8 Å². The van der Waals surface area contributed by atoms with E-state index in [-0.39, 0.29) is 82.8 Å². The minimum Gasteiger partial charge on any atom is -0.504 e. The summed E-state index contributed by atoms with van der Waals surface area (Å²) >= 11 is 0. The fourth-order valence-electron chi connectivity index (χ4n) is 8.08. The molecule has 0 saturated carbocycles. The minimum atomic E-state index is -4.52. The zero-order valence-electron chi connectivity index (χ0n) is 41.2. The van der Waals surface area contributed by atoms with E-state index < -0.39 is 119 Å². The second kappa shape index (κ2) is 24.0. The molecule has 5 rings (SSSR count). The largest absolute Gasteiger partial charge is 0.504 e. The molecule has 21 nitrogen and oxygen atoms in total. The van der Waals surface area contributed by atoms with E-state index in [2.05, 4.69) is 15.3 Å². The molecule has 13 N–H and O–H groups in total. The molecule has 1 aromatic heterocycles. The van der Waals surface area contributed by atoms with Gasteiger partial charge in [0.2, 0.25) is 11.8 Å². The molecule has 0 saturated heterocycles. The van der Waals surface area contributed by atoms with Crippen LogP contribution in [0, 0.1) is 24.7 Å². The second-order valence-corrected chi connectivity index (χ2v) is 19.8. The quantitative estimate of drug-likeness (QED) is 0.0571. The number of alkyl halides is 2. The zero-order valence-corrected chi connectivity index (χ0v) is 42.0. The number of rotatable bonds is 20. The van der Waals surface area contributed by atoms with Crippen molar-refractivity contribution in [2.75, 3.05) is 45.6 Å². The number of anilines is 1. The van der Waals surface area contributed by atoms with Crippen LogP contribution in [-0.4, -0.2) is 126 Å². The number of nitrogens with one attached hydrogen (secondary N) is 2. The van der Waals surface area contributed by atoms with Crippen molar-refractivity contribution in [2.24, 2.45) is 34.4 Å². The van der Waals surface area contributed by atoms with Gasteiger partial charge >= 0.3 is 0 Å². The average molecular weight is 1040 g/mol. The Balaban J connectivity index is 1.65. The maximum absolute atomic E-state index is 15.0. The molecule has 2 amide bonds. The van der Waals surface area contributed by atoms with Gasteiger partial charge in [-0.05, 0) is 55.7 Å². The van der Waals surface area contributed by atoms with Gasteiger partial charge in [-0.25, -0.2) is 28.6 Å². The third kappa shape index (κ3) is 14.2. The van der Waals surface area contributed by atoms with Crippen LogP contribution in [0.25, 0.3) is 22.5 Å². The number of nitrogen functional groups attached to an aromatic ring is 1. The highest BCUT2D eigenvalue weighted by Crippen LogP contribution is 2.45. The Morgan fingerprint density at radius 3 is 2.12 bits per heavy atom. The van der Waals surface area contributed by atoms with Crippen LogP contribution in [0.1, 0.15) is 79.3 Å². The van der Waals surface area contributed by atoms with Crippen LogP contribution in [0.4, 0.5) is 14.6 Å². The smallest absolute Gasteiger partial charge is 0.275 e. The van der Waals surface area contributed by atoms with Gasteiger partial charge in [0, 0.05) is 73.6 Å². The number of aromatic hydroxyl groups is 1. The number of likely N-dealkylation sites (N-methyl/N-ethyl adjacent to an activating group) is 1. The van der Waals surface area contributed by atoms with Crippen molar-refractivity contribution >= 4 is 45.2 Å². The number of ketones is 3. The van der Waals surface area contributed by atoms with Gasteiger partial charge in [0.25, 0.3) is 16.1 Å². The molecule has 73 heavy (non-hydrogen) atoms. The zero-order chi connectivity index (χ0) is 54.3. The molecule has 24 heteroatoms. The van der Waals surface area contributed by atoms with Crippen molar-refractivity contribution < 1.29 is 66.0 Å². The predicted molar refractivity (Wildman–Crippen MR) is 264 cm³/mol. The number of ether oxygens (including phenoxy) is 2. The van der Waals surface area contributed by atoms with Crippen LogP contribution < -0.4 is 41.9 Å². The number of aryl methyl sites for hydroxylation is 1. The highest BCUT2D eigenvalue weighted by Gasteiger charge is 2.38. The molecule has 0 radical (unpaired) electrons. The number of aromatic nitrogens is 2. The van der Waals surface area contributed by atoms with Crippen molar-refractivity contribution in [1.29, 1.82) is 0 Å². The average Bonchev–Trinajstić information content (AvgIpc) is 3.33. The molecule has 0 fully saturated rings. The van der Waals surface area contributed by atoms with Crippen LogP contribution in [0.5, 0.6) is 17.2 Å². The lowest BCUT2D eigenvalue weighted by Crippen LogP contribution is -2.46. The van der Waals surface area contributed by atoms with Gasteiger partial charge in [0.15, 0.2) is 34.7 Å². The predicted octanol–water partition coefficient (Wildman–Crippen LogP) is 1.96. The molecule has 1 aliphatic heterocycles. The van der Waals surface area contributed by atoms with E-state index in [4.69, 9.17) is 31.8 Å². The summed E-state index contributed by atoms with van der Waals surface area (Å²) in [5.74, 6) is -11.8. The van der Waals surface area contributed by atoms with Crippen LogP contribution in [0.3, 0.4) is 0 Å². The van der Waals surface area contributed by atoms with Gasteiger partial charge < -0.3 is 52.2 Å². The summed E-state index contributed by atoms with van der Waals surface area (Å²) in [5.41, 5.74) is 17.9. The molecule has 4 bridgehead atoms. The second-order valence-electron chi connectivity index (χ2n) is 18.4. The number of Topliss-reactive ketones (excluding diaryl/α,β-unsaturated/α-hetero) is 3. The van der Waals surface area contributed by atoms with Gasteiger partial charge in [0.05, 0.1) is 23.2 Å². The van der Waals surface area contributed by atoms with E-state index in [0.29, 0.717) is 11.1 Å². The molecule has 4 aromatic rings. The van der Waals surface area contributed by atoms with Gasteiger partial charge in [0.1, 0.15) is 43.0 Å². The van der Waals surface area contributed by atoms with Gasteiger partial charge in [-0.2, -0.15) is 8.42 Å². The Kier molecular flexibility index (Phi) is 18.9.